The summed E-state index contributed by atoms with van der Waals surface area (Å²) in [7, 11) is 1.35. The van der Waals surface area contributed by atoms with Crippen LogP contribution in [-0.2, 0) is 11.3 Å². The number of hydrogen-bond acceptors (Lipinski definition) is 3. The topological polar surface area (TPSA) is 76.7 Å². The van der Waals surface area contributed by atoms with Crippen molar-refractivity contribution in [2.75, 3.05) is 7.11 Å². The fourth-order valence-electron chi connectivity index (χ4n) is 2.24. The third-order valence-corrected chi connectivity index (χ3v) is 4.16. The molecule has 132 valence electrons. The van der Waals surface area contributed by atoms with Crippen LogP contribution in [0.25, 0.3) is 0 Å². The van der Waals surface area contributed by atoms with Crippen LogP contribution in [0.1, 0.15) is 34.5 Å². The first-order chi connectivity index (χ1) is 11.9. The third kappa shape index (κ3) is 5.37. The second kappa shape index (κ2) is 8.74. The molecule has 0 bridgehead atoms. The van der Waals surface area contributed by atoms with E-state index in [0.717, 1.165) is 11.1 Å². The number of methoxy groups -OCH3 is 1. The van der Waals surface area contributed by atoms with Gasteiger partial charge in [-0.3, -0.25) is 0 Å². The Labute approximate surface area is 156 Å². The molecule has 2 aromatic rings. The highest BCUT2D eigenvalue weighted by Gasteiger charge is 2.10. The Hall–Kier alpha value is -2.24. The lowest BCUT2D eigenvalue weighted by Gasteiger charge is -2.16. The van der Waals surface area contributed by atoms with Crippen molar-refractivity contribution in [2.45, 2.75) is 19.5 Å². The second-order valence-electron chi connectivity index (χ2n) is 5.42. The van der Waals surface area contributed by atoms with E-state index in [1.54, 1.807) is 24.3 Å². The summed E-state index contributed by atoms with van der Waals surface area (Å²) < 4.78 is 4.66. The SMILES string of the molecule is COC(=O)c1ccc(CN=C(N)NC(C)c2ccc(Cl)cc2Cl)cc1. The van der Waals surface area contributed by atoms with E-state index in [0.29, 0.717) is 28.1 Å². The van der Waals surface area contributed by atoms with Crippen LogP contribution in [0.3, 0.4) is 0 Å². The van der Waals surface area contributed by atoms with E-state index in [1.165, 1.54) is 7.11 Å². The normalized spacial score (nSPS) is 12.6. The van der Waals surface area contributed by atoms with Crippen LogP contribution in [0.5, 0.6) is 0 Å². The number of nitrogens with zero attached hydrogens (tertiary/aromatic N) is 1. The molecule has 0 saturated heterocycles. The highest BCUT2D eigenvalue weighted by Crippen LogP contribution is 2.25. The smallest absolute Gasteiger partial charge is 0.337 e. The van der Waals surface area contributed by atoms with Crippen LogP contribution in [0.15, 0.2) is 47.5 Å². The fraction of sp³-hybridized carbons (Fsp3) is 0.222. The summed E-state index contributed by atoms with van der Waals surface area (Å²) in [4.78, 5) is 15.7. The van der Waals surface area contributed by atoms with Crippen LogP contribution in [0, 0.1) is 0 Å². The quantitative estimate of drug-likeness (QED) is 0.468. The van der Waals surface area contributed by atoms with Gasteiger partial charge < -0.3 is 15.8 Å². The van der Waals surface area contributed by atoms with E-state index in [1.807, 2.05) is 25.1 Å². The highest BCUT2D eigenvalue weighted by molar-refractivity contribution is 6.35. The average Bonchev–Trinajstić information content (AvgIpc) is 2.59. The maximum absolute atomic E-state index is 11.4. The number of aliphatic imine (C=N–C) groups is 1. The van der Waals surface area contributed by atoms with Gasteiger partial charge in [0.15, 0.2) is 5.96 Å². The molecule has 3 N–H and O–H groups in total. The Morgan fingerprint density at radius 2 is 1.92 bits per heavy atom. The fourth-order valence-corrected chi connectivity index (χ4v) is 2.81. The maximum Gasteiger partial charge on any atom is 0.337 e. The lowest BCUT2D eigenvalue weighted by atomic mass is 10.1. The van der Waals surface area contributed by atoms with Crippen molar-refractivity contribution in [1.82, 2.24) is 5.32 Å². The van der Waals surface area contributed by atoms with Gasteiger partial charge in [-0.1, -0.05) is 41.4 Å². The standard InChI is InChI=1S/C18H19Cl2N3O2/c1-11(15-8-7-14(19)9-16(15)20)23-18(21)22-10-12-3-5-13(6-4-12)17(24)25-2/h3-9,11H,10H2,1-2H3,(H3,21,22,23). The van der Waals surface area contributed by atoms with E-state index >= 15 is 0 Å². The van der Waals surface area contributed by atoms with Crippen LogP contribution >= 0.6 is 23.2 Å². The number of halogens is 2. The number of ether oxygens (including phenoxy) is 1. The number of hydrogen-bond donors (Lipinski definition) is 2. The van der Waals surface area contributed by atoms with Gasteiger partial charge in [0.1, 0.15) is 0 Å². The zero-order chi connectivity index (χ0) is 18.4. The van der Waals surface area contributed by atoms with E-state index in [2.05, 4.69) is 15.0 Å². The lowest BCUT2D eigenvalue weighted by Crippen LogP contribution is -2.34. The van der Waals surface area contributed by atoms with Crippen LogP contribution in [0.4, 0.5) is 0 Å². The van der Waals surface area contributed by atoms with Gasteiger partial charge in [-0.05, 0) is 42.3 Å². The van der Waals surface area contributed by atoms with Crippen molar-refractivity contribution >= 4 is 35.1 Å². The van der Waals surface area contributed by atoms with Crippen molar-refractivity contribution < 1.29 is 9.53 Å². The number of guanidine groups is 1. The first kappa shape index (κ1) is 19.1. The van der Waals surface area contributed by atoms with Gasteiger partial charge in [-0.2, -0.15) is 0 Å². The van der Waals surface area contributed by atoms with Gasteiger partial charge in [-0.15, -0.1) is 0 Å². The molecule has 0 amide bonds. The monoisotopic (exact) mass is 379 g/mol. The van der Waals surface area contributed by atoms with Crippen molar-refractivity contribution in [3.05, 3.63) is 69.2 Å². The van der Waals surface area contributed by atoms with Gasteiger partial charge >= 0.3 is 5.97 Å². The van der Waals surface area contributed by atoms with Gasteiger partial charge in [-0.25, -0.2) is 9.79 Å². The molecule has 25 heavy (non-hydrogen) atoms. The maximum atomic E-state index is 11.4. The van der Waals surface area contributed by atoms with Gasteiger partial charge in [0.25, 0.3) is 0 Å². The molecule has 5 nitrogen and oxygen atoms in total. The molecule has 0 aliphatic carbocycles. The number of nitrogens with two attached hydrogens (primary N) is 1. The first-order valence-corrected chi connectivity index (χ1v) is 8.35. The molecular weight excluding hydrogens is 361 g/mol. The van der Waals surface area contributed by atoms with Crippen molar-refractivity contribution in [2.24, 2.45) is 10.7 Å². The van der Waals surface area contributed by atoms with Crippen molar-refractivity contribution in [3.8, 4) is 0 Å². The largest absolute Gasteiger partial charge is 0.465 e. The second-order valence-corrected chi connectivity index (χ2v) is 6.27. The van der Waals surface area contributed by atoms with E-state index in [9.17, 15) is 4.79 Å². The predicted molar refractivity (Wildman–Crippen MR) is 101 cm³/mol. The van der Waals surface area contributed by atoms with Gasteiger partial charge in [0, 0.05) is 10.0 Å². The molecule has 0 fully saturated rings. The van der Waals surface area contributed by atoms with Crippen molar-refractivity contribution in [3.63, 3.8) is 0 Å². The molecule has 0 saturated carbocycles. The van der Waals surface area contributed by atoms with Crippen LogP contribution in [0.2, 0.25) is 10.0 Å². The summed E-state index contributed by atoms with van der Waals surface area (Å²) >= 11 is 12.1. The zero-order valence-electron chi connectivity index (χ0n) is 13.9. The van der Waals surface area contributed by atoms with Gasteiger partial charge in [0.05, 0.1) is 25.3 Å². The highest BCUT2D eigenvalue weighted by atomic mass is 35.5. The minimum absolute atomic E-state index is 0.116. The Balaban J connectivity index is 1.98. The molecule has 0 aliphatic rings. The molecule has 2 aromatic carbocycles. The summed E-state index contributed by atoms with van der Waals surface area (Å²) in [6, 6.07) is 12.2. The summed E-state index contributed by atoms with van der Waals surface area (Å²) in [6.45, 7) is 2.32. The Morgan fingerprint density at radius 1 is 1.24 bits per heavy atom. The Kier molecular flexibility index (Phi) is 6.67. The van der Waals surface area contributed by atoms with Crippen LogP contribution < -0.4 is 11.1 Å². The molecule has 1 atom stereocenters. The molecule has 0 aliphatic heterocycles. The lowest BCUT2D eigenvalue weighted by molar-refractivity contribution is 0.0600. The number of carbonyl (C=O) groups excluding carboxylic acids is 1. The number of benzene rings is 2. The molecule has 0 spiro atoms. The van der Waals surface area contributed by atoms with Crippen LogP contribution in [-0.4, -0.2) is 19.0 Å². The number of carbonyl (C=O) groups is 1. The predicted octanol–water partition coefficient (Wildman–Crippen LogP) is 3.95. The Morgan fingerprint density at radius 3 is 2.52 bits per heavy atom. The summed E-state index contributed by atoms with van der Waals surface area (Å²) in [5.41, 5.74) is 8.23. The molecular formula is C18H19Cl2N3O2. The average molecular weight is 380 g/mol. The number of esters is 1. The first-order valence-electron chi connectivity index (χ1n) is 7.59. The number of nitrogens with one attached hydrogen (secondary N) is 1. The number of rotatable bonds is 5. The zero-order valence-corrected chi connectivity index (χ0v) is 15.4. The molecule has 0 aromatic heterocycles. The van der Waals surface area contributed by atoms with Crippen molar-refractivity contribution in [1.29, 1.82) is 0 Å². The van der Waals surface area contributed by atoms with E-state index < -0.39 is 0 Å². The summed E-state index contributed by atoms with van der Waals surface area (Å²) in [5.74, 6) is -0.0690. The minimum atomic E-state index is -0.370. The van der Waals surface area contributed by atoms with E-state index in [4.69, 9.17) is 28.9 Å². The molecule has 1 unspecified atom stereocenters. The molecule has 2 rings (SSSR count). The molecule has 0 heterocycles. The minimum Gasteiger partial charge on any atom is -0.465 e. The molecule has 7 heteroatoms. The Bertz CT molecular complexity index is 776. The summed E-state index contributed by atoms with van der Waals surface area (Å²) in [5, 5.41) is 4.24. The summed E-state index contributed by atoms with van der Waals surface area (Å²) in [6.07, 6.45) is 0. The molecule has 0 radical (unpaired) electrons. The van der Waals surface area contributed by atoms with E-state index in [-0.39, 0.29) is 12.0 Å². The third-order valence-electron chi connectivity index (χ3n) is 3.60. The van der Waals surface area contributed by atoms with Gasteiger partial charge in [0.2, 0.25) is 0 Å².